The Morgan fingerprint density at radius 2 is 2.21 bits per heavy atom. The van der Waals surface area contributed by atoms with Gasteiger partial charge in [0.1, 0.15) is 5.00 Å². The lowest BCUT2D eigenvalue weighted by atomic mass is 10.4. The summed E-state index contributed by atoms with van der Waals surface area (Å²) >= 11 is 1.19. The predicted molar refractivity (Wildman–Crippen MR) is 51.1 cm³/mol. The molecule has 1 unspecified atom stereocenters. The van der Waals surface area contributed by atoms with Crippen LogP contribution in [0.2, 0.25) is 0 Å². The van der Waals surface area contributed by atoms with Gasteiger partial charge in [-0.15, -0.1) is 11.3 Å². The van der Waals surface area contributed by atoms with Crippen LogP contribution in [0.3, 0.4) is 0 Å². The van der Waals surface area contributed by atoms with Gasteiger partial charge in [-0.25, -0.2) is 4.79 Å². The lowest BCUT2D eigenvalue weighted by Crippen LogP contribution is -2.43. The molecule has 0 radical (unpaired) electrons. The number of rotatable bonds is 3. The third-order valence-corrected chi connectivity index (χ3v) is 2.42. The van der Waals surface area contributed by atoms with Gasteiger partial charge in [-0.3, -0.25) is 9.69 Å². The fourth-order valence-electron chi connectivity index (χ4n) is 0.965. The molecule has 0 aliphatic heterocycles. The van der Waals surface area contributed by atoms with Crippen molar-refractivity contribution in [2.45, 2.75) is 13.2 Å². The second-order valence-corrected chi connectivity index (χ2v) is 3.48. The van der Waals surface area contributed by atoms with Crippen LogP contribution in [-0.4, -0.2) is 28.3 Å². The summed E-state index contributed by atoms with van der Waals surface area (Å²) in [4.78, 5) is 22.4. The molecule has 0 aromatic carbocycles. The van der Waals surface area contributed by atoms with Crippen molar-refractivity contribution in [3.8, 4) is 0 Å². The van der Waals surface area contributed by atoms with E-state index in [9.17, 15) is 14.7 Å². The van der Waals surface area contributed by atoms with E-state index in [0.29, 0.717) is 5.00 Å². The van der Waals surface area contributed by atoms with E-state index in [1.165, 1.54) is 18.3 Å². The van der Waals surface area contributed by atoms with Crippen molar-refractivity contribution in [3.63, 3.8) is 0 Å². The molecule has 76 valence electrons. The highest BCUT2D eigenvalue weighted by atomic mass is 32.1. The number of aliphatic carboxylic acids is 1. The number of anilines is 1. The van der Waals surface area contributed by atoms with E-state index in [2.05, 4.69) is 0 Å². The Morgan fingerprint density at radius 3 is 2.57 bits per heavy atom. The maximum Gasteiger partial charge on any atom is 0.354 e. The number of hydrogen-bond donors (Lipinski definition) is 2. The quantitative estimate of drug-likeness (QED) is 0.720. The molecule has 1 aromatic heterocycles. The smallest absolute Gasteiger partial charge is 0.354 e. The van der Waals surface area contributed by atoms with Crippen molar-refractivity contribution in [2.75, 3.05) is 4.90 Å². The van der Waals surface area contributed by atoms with Crippen LogP contribution in [-0.2, 0) is 9.59 Å². The monoisotopic (exact) mass is 215 g/mol. The first-order valence-corrected chi connectivity index (χ1v) is 4.66. The summed E-state index contributed by atoms with van der Waals surface area (Å²) in [6.45, 7) is 1.20. The largest absolute Gasteiger partial charge is 0.478 e. The number of carboxylic acids is 1. The molecule has 0 saturated heterocycles. The van der Waals surface area contributed by atoms with Crippen molar-refractivity contribution < 1.29 is 19.8 Å². The van der Waals surface area contributed by atoms with Crippen LogP contribution in [0.25, 0.3) is 0 Å². The fourth-order valence-corrected chi connectivity index (χ4v) is 1.76. The average molecular weight is 215 g/mol. The lowest BCUT2D eigenvalue weighted by Gasteiger charge is -2.21. The average Bonchev–Trinajstić information content (AvgIpc) is 2.56. The highest BCUT2D eigenvalue weighted by molar-refractivity contribution is 7.14. The minimum absolute atomic E-state index is 0.410. The molecule has 0 aliphatic rings. The maximum absolute atomic E-state index is 11.1. The predicted octanol–water partition coefficient (Wildman–Crippen LogP) is 0.504. The van der Waals surface area contributed by atoms with Crippen LogP contribution in [0.4, 0.5) is 5.00 Å². The normalized spacial score (nSPS) is 12.1. The van der Waals surface area contributed by atoms with Crippen LogP contribution in [0.5, 0.6) is 0 Å². The molecule has 1 atom stereocenters. The Kier molecular flexibility index (Phi) is 3.21. The van der Waals surface area contributed by atoms with Gasteiger partial charge in [-0.1, -0.05) is 0 Å². The number of aliphatic hydroxyl groups is 1. The van der Waals surface area contributed by atoms with Crippen molar-refractivity contribution in [3.05, 3.63) is 17.5 Å². The fraction of sp³-hybridized carbons (Fsp3) is 0.250. The number of carbonyl (C=O) groups excluding carboxylic acids is 1. The number of nitrogens with zero attached hydrogens (tertiary/aromatic N) is 1. The second-order valence-electron chi connectivity index (χ2n) is 2.55. The molecular formula is C8H9NO4S. The van der Waals surface area contributed by atoms with Gasteiger partial charge in [-0.2, -0.15) is 0 Å². The summed E-state index contributed by atoms with van der Waals surface area (Å²) in [6.07, 6.45) is -1.83. The van der Waals surface area contributed by atoms with E-state index < -0.39 is 18.1 Å². The molecule has 5 nitrogen and oxygen atoms in total. The summed E-state index contributed by atoms with van der Waals surface area (Å²) in [7, 11) is 0. The first-order chi connectivity index (χ1) is 6.54. The Balaban J connectivity index is 2.97. The number of hydrogen-bond acceptors (Lipinski definition) is 4. The van der Waals surface area contributed by atoms with Gasteiger partial charge >= 0.3 is 5.97 Å². The molecule has 1 aromatic rings. The van der Waals surface area contributed by atoms with Gasteiger partial charge in [0.05, 0.1) is 0 Å². The molecule has 2 N–H and O–H groups in total. The van der Waals surface area contributed by atoms with E-state index in [-0.39, 0.29) is 0 Å². The van der Waals surface area contributed by atoms with Gasteiger partial charge in [0.25, 0.3) is 0 Å². The van der Waals surface area contributed by atoms with Gasteiger partial charge in [0.2, 0.25) is 12.1 Å². The van der Waals surface area contributed by atoms with E-state index in [4.69, 9.17) is 5.11 Å². The van der Waals surface area contributed by atoms with Gasteiger partial charge in [0.15, 0.2) is 0 Å². The summed E-state index contributed by atoms with van der Waals surface area (Å²) in [5.41, 5.74) is 0. The Bertz CT molecular complexity index is 335. The Morgan fingerprint density at radius 1 is 1.57 bits per heavy atom. The highest BCUT2D eigenvalue weighted by Crippen LogP contribution is 2.22. The molecule has 0 saturated carbocycles. The Hall–Kier alpha value is -1.40. The van der Waals surface area contributed by atoms with Crippen molar-refractivity contribution in [2.24, 2.45) is 0 Å². The Labute approximate surface area is 84.2 Å². The van der Waals surface area contributed by atoms with E-state index in [1.54, 1.807) is 17.5 Å². The minimum atomic E-state index is -1.83. The molecule has 1 amide bonds. The lowest BCUT2D eigenvalue weighted by molar-refractivity contribution is -0.148. The third-order valence-electron chi connectivity index (χ3n) is 1.55. The number of thiophene rings is 1. The van der Waals surface area contributed by atoms with Crippen molar-refractivity contribution >= 4 is 28.2 Å². The summed E-state index contributed by atoms with van der Waals surface area (Å²) < 4.78 is 0. The number of amides is 1. The van der Waals surface area contributed by atoms with Gasteiger partial charge < -0.3 is 10.2 Å². The van der Waals surface area contributed by atoms with Crippen LogP contribution in [0, 0.1) is 0 Å². The van der Waals surface area contributed by atoms with Crippen molar-refractivity contribution in [1.82, 2.24) is 0 Å². The summed E-state index contributed by atoms with van der Waals surface area (Å²) in [5.74, 6) is -1.96. The highest BCUT2D eigenvalue weighted by Gasteiger charge is 2.27. The van der Waals surface area contributed by atoms with Crippen LogP contribution >= 0.6 is 11.3 Å². The zero-order valence-electron chi connectivity index (χ0n) is 7.38. The molecule has 0 aliphatic carbocycles. The number of carbonyl (C=O) groups is 2. The second kappa shape index (κ2) is 4.21. The zero-order valence-corrected chi connectivity index (χ0v) is 8.19. The SMILES string of the molecule is CC(=O)N(c1cccs1)C(O)C(=O)O. The number of carboxylic acid groups (broad SMARTS) is 1. The maximum atomic E-state index is 11.1. The van der Waals surface area contributed by atoms with Gasteiger partial charge in [0, 0.05) is 6.92 Å². The standard InChI is InChI=1S/C8H9NO4S/c1-5(10)9(7(11)8(12)13)6-3-2-4-14-6/h2-4,7,11H,1H3,(H,12,13). The summed E-state index contributed by atoms with van der Waals surface area (Å²) in [6, 6.07) is 3.24. The first-order valence-electron chi connectivity index (χ1n) is 3.78. The molecule has 6 heteroatoms. The molecule has 0 spiro atoms. The van der Waals surface area contributed by atoms with E-state index >= 15 is 0 Å². The van der Waals surface area contributed by atoms with Crippen LogP contribution in [0.1, 0.15) is 6.92 Å². The van der Waals surface area contributed by atoms with Crippen LogP contribution < -0.4 is 4.90 Å². The topological polar surface area (TPSA) is 77.8 Å². The zero-order chi connectivity index (χ0) is 10.7. The third kappa shape index (κ3) is 2.09. The molecule has 0 fully saturated rings. The molecular weight excluding hydrogens is 206 g/mol. The molecule has 0 bridgehead atoms. The van der Waals surface area contributed by atoms with Gasteiger partial charge in [-0.05, 0) is 17.5 Å². The molecule has 1 rings (SSSR count). The minimum Gasteiger partial charge on any atom is -0.478 e. The number of aliphatic hydroxyl groups excluding tert-OH is 1. The van der Waals surface area contributed by atoms with Crippen molar-refractivity contribution in [1.29, 1.82) is 0 Å². The summed E-state index contributed by atoms with van der Waals surface area (Å²) in [5, 5.41) is 19.9. The van der Waals surface area contributed by atoms with Crippen LogP contribution in [0.15, 0.2) is 17.5 Å². The van der Waals surface area contributed by atoms with E-state index in [0.717, 1.165) is 4.90 Å². The first kappa shape index (κ1) is 10.7. The van der Waals surface area contributed by atoms with E-state index in [1.807, 2.05) is 0 Å². The molecule has 1 heterocycles. The molecule has 14 heavy (non-hydrogen) atoms.